The van der Waals surface area contributed by atoms with Gasteiger partial charge in [0.1, 0.15) is 11.5 Å². The highest BCUT2D eigenvalue weighted by atomic mass is 79.9. The Morgan fingerprint density at radius 3 is 2.39 bits per heavy atom. The summed E-state index contributed by atoms with van der Waals surface area (Å²) in [5.74, 6) is 1.11. The van der Waals surface area contributed by atoms with E-state index in [9.17, 15) is 4.79 Å². The molecule has 1 N–H and O–H groups in total. The van der Waals surface area contributed by atoms with Gasteiger partial charge in [0.05, 0.1) is 30.9 Å². The molecule has 0 aliphatic heterocycles. The molecule has 1 aromatic carbocycles. The molecule has 0 saturated carbocycles. The maximum absolute atomic E-state index is 11.7. The van der Waals surface area contributed by atoms with Crippen molar-refractivity contribution in [1.82, 2.24) is 4.90 Å². The molecule has 0 aliphatic carbocycles. The molecule has 0 radical (unpaired) electrons. The average Bonchev–Trinajstić information content (AvgIpc) is 2.28. The van der Waals surface area contributed by atoms with Gasteiger partial charge in [0.25, 0.3) is 0 Å². The number of carbonyl (C=O) groups excluding carboxylic acids is 1. The zero-order chi connectivity index (χ0) is 13.7. The van der Waals surface area contributed by atoms with Crippen molar-refractivity contribution in [3.63, 3.8) is 0 Å². The Hall–Kier alpha value is -1.27. The maximum atomic E-state index is 11.7. The summed E-state index contributed by atoms with van der Waals surface area (Å²) in [7, 11) is 6.79. The highest BCUT2D eigenvalue weighted by molar-refractivity contribution is 9.10. The number of halogens is 1. The number of benzene rings is 1. The number of carbonyl (C=O) groups is 1. The molecule has 1 rings (SSSR count). The number of rotatable bonds is 5. The predicted molar refractivity (Wildman–Crippen MR) is 74.4 cm³/mol. The third kappa shape index (κ3) is 3.89. The zero-order valence-electron chi connectivity index (χ0n) is 10.9. The highest BCUT2D eigenvalue weighted by Crippen LogP contribution is 2.35. The Kier molecular flexibility index (Phi) is 5.43. The first-order valence-corrected chi connectivity index (χ1v) is 6.13. The van der Waals surface area contributed by atoms with Gasteiger partial charge in [0, 0.05) is 6.07 Å². The van der Waals surface area contributed by atoms with Gasteiger partial charge in [-0.3, -0.25) is 4.79 Å². The lowest BCUT2D eigenvalue weighted by Gasteiger charge is -2.14. The van der Waals surface area contributed by atoms with Crippen molar-refractivity contribution in [1.29, 1.82) is 0 Å². The van der Waals surface area contributed by atoms with Crippen LogP contribution in [0.1, 0.15) is 0 Å². The van der Waals surface area contributed by atoms with Crippen molar-refractivity contribution in [2.75, 3.05) is 40.2 Å². The van der Waals surface area contributed by atoms with E-state index < -0.39 is 0 Å². The summed E-state index contributed by atoms with van der Waals surface area (Å²) in [5.41, 5.74) is 0.608. The van der Waals surface area contributed by atoms with Crippen LogP contribution in [0, 0.1) is 0 Å². The molecular weight excluding hydrogens is 300 g/mol. The third-order valence-electron chi connectivity index (χ3n) is 2.21. The maximum Gasteiger partial charge on any atom is 0.238 e. The molecule has 0 saturated heterocycles. The first-order chi connectivity index (χ1) is 8.47. The summed E-state index contributed by atoms with van der Waals surface area (Å²) in [5, 5.41) is 2.79. The lowest BCUT2D eigenvalue weighted by molar-refractivity contribution is -0.116. The Balaban J connectivity index is 2.94. The number of nitrogens with one attached hydrogen (secondary N) is 1. The van der Waals surface area contributed by atoms with Gasteiger partial charge in [-0.25, -0.2) is 0 Å². The summed E-state index contributed by atoms with van der Waals surface area (Å²) in [6.07, 6.45) is 0. The second-order valence-corrected chi connectivity index (χ2v) is 4.83. The minimum absolute atomic E-state index is 0.102. The molecule has 1 aromatic rings. The molecule has 0 aliphatic rings. The van der Waals surface area contributed by atoms with Gasteiger partial charge < -0.3 is 19.7 Å². The van der Waals surface area contributed by atoms with Crippen LogP contribution in [0.5, 0.6) is 11.5 Å². The molecule has 100 valence electrons. The standard InChI is InChI=1S/C12H17BrN2O3/c1-15(2)7-12(16)14-9-5-8(13)10(17-3)6-11(9)18-4/h5-6H,7H2,1-4H3,(H,14,16). The van der Waals surface area contributed by atoms with Crippen molar-refractivity contribution in [3.8, 4) is 11.5 Å². The average molecular weight is 317 g/mol. The molecule has 0 bridgehead atoms. The third-order valence-corrected chi connectivity index (χ3v) is 2.83. The summed E-state index contributed by atoms with van der Waals surface area (Å²) in [4.78, 5) is 13.5. The Morgan fingerprint density at radius 1 is 1.28 bits per heavy atom. The van der Waals surface area contributed by atoms with Gasteiger partial charge in [-0.15, -0.1) is 0 Å². The first kappa shape index (κ1) is 14.8. The second-order valence-electron chi connectivity index (χ2n) is 3.97. The molecule has 0 heterocycles. The number of hydrogen-bond donors (Lipinski definition) is 1. The van der Waals surface area contributed by atoms with Crippen LogP contribution < -0.4 is 14.8 Å². The van der Waals surface area contributed by atoms with E-state index in [0.29, 0.717) is 23.7 Å². The van der Waals surface area contributed by atoms with Crippen LogP contribution in [0.3, 0.4) is 0 Å². The number of anilines is 1. The van der Waals surface area contributed by atoms with Gasteiger partial charge in [-0.2, -0.15) is 0 Å². The minimum Gasteiger partial charge on any atom is -0.495 e. The van der Waals surface area contributed by atoms with E-state index in [1.54, 1.807) is 31.3 Å². The van der Waals surface area contributed by atoms with Gasteiger partial charge in [0.15, 0.2) is 0 Å². The molecule has 5 nitrogen and oxygen atoms in total. The van der Waals surface area contributed by atoms with Gasteiger partial charge in [-0.1, -0.05) is 0 Å². The van der Waals surface area contributed by atoms with E-state index in [2.05, 4.69) is 21.2 Å². The molecule has 6 heteroatoms. The largest absolute Gasteiger partial charge is 0.495 e. The second kappa shape index (κ2) is 6.61. The lowest BCUT2D eigenvalue weighted by Crippen LogP contribution is -2.27. The number of likely N-dealkylation sites (N-methyl/N-ethyl adjacent to an activating group) is 1. The van der Waals surface area contributed by atoms with Gasteiger partial charge in [-0.05, 0) is 36.1 Å². The van der Waals surface area contributed by atoms with Crippen molar-refractivity contribution in [3.05, 3.63) is 16.6 Å². The summed E-state index contributed by atoms with van der Waals surface area (Å²) >= 11 is 3.37. The fourth-order valence-electron chi connectivity index (χ4n) is 1.43. The molecule has 18 heavy (non-hydrogen) atoms. The monoisotopic (exact) mass is 316 g/mol. The van der Waals surface area contributed by atoms with Crippen molar-refractivity contribution in [2.24, 2.45) is 0 Å². The van der Waals surface area contributed by atoms with Crippen LogP contribution in [0.25, 0.3) is 0 Å². The van der Waals surface area contributed by atoms with Crippen LogP contribution in [-0.2, 0) is 4.79 Å². The van der Waals surface area contributed by atoms with Crippen molar-refractivity contribution >= 4 is 27.5 Å². The molecule has 0 aromatic heterocycles. The Bertz CT molecular complexity index is 436. The molecule has 0 atom stereocenters. The first-order valence-electron chi connectivity index (χ1n) is 5.34. The van der Waals surface area contributed by atoms with E-state index in [1.807, 2.05) is 14.1 Å². The summed E-state index contributed by atoms with van der Waals surface area (Å²) in [6, 6.07) is 3.47. The number of methoxy groups -OCH3 is 2. The minimum atomic E-state index is -0.102. The van der Waals surface area contributed by atoms with Crippen molar-refractivity contribution in [2.45, 2.75) is 0 Å². The fourth-order valence-corrected chi connectivity index (χ4v) is 1.94. The summed E-state index contributed by atoms with van der Waals surface area (Å²) in [6.45, 7) is 0.312. The van der Waals surface area contributed by atoms with Crippen LogP contribution in [0.2, 0.25) is 0 Å². The van der Waals surface area contributed by atoms with Gasteiger partial charge in [0.2, 0.25) is 5.91 Å². The number of amides is 1. The molecule has 0 fully saturated rings. The normalized spacial score (nSPS) is 10.3. The van der Waals surface area contributed by atoms with E-state index in [-0.39, 0.29) is 5.91 Å². The van der Waals surface area contributed by atoms with Gasteiger partial charge >= 0.3 is 0 Å². The smallest absolute Gasteiger partial charge is 0.238 e. The molecule has 0 spiro atoms. The number of ether oxygens (including phenoxy) is 2. The fraction of sp³-hybridized carbons (Fsp3) is 0.417. The Labute approximate surface area is 115 Å². The SMILES string of the molecule is COc1cc(OC)c(NC(=O)CN(C)C)cc1Br. The predicted octanol–water partition coefficient (Wildman–Crippen LogP) is 1.97. The van der Waals surface area contributed by atoms with Crippen LogP contribution in [-0.4, -0.2) is 45.7 Å². The molecule has 1 amide bonds. The summed E-state index contributed by atoms with van der Waals surface area (Å²) < 4.78 is 11.1. The van der Waals surface area contributed by atoms with E-state index in [1.165, 1.54) is 0 Å². The molecular formula is C12H17BrN2O3. The van der Waals surface area contributed by atoms with Crippen molar-refractivity contribution < 1.29 is 14.3 Å². The number of nitrogens with zero attached hydrogens (tertiary/aromatic N) is 1. The lowest BCUT2D eigenvalue weighted by atomic mass is 10.2. The zero-order valence-corrected chi connectivity index (χ0v) is 12.5. The highest BCUT2D eigenvalue weighted by Gasteiger charge is 2.12. The van der Waals surface area contributed by atoms with E-state index in [4.69, 9.17) is 9.47 Å². The Morgan fingerprint density at radius 2 is 1.89 bits per heavy atom. The van der Waals surface area contributed by atoms with E-state index in [0.717, 1.165) is 4.47 Å². The van der Waals surface area contributed by atoms with Crippen LogP contribution >= 0.6 is 15.9 Å². The van der Waals surface area contributed by atoms with Crippen LogP contribution in [0.15, 0.2) is 16.6 Å². The topological polar surface area (TPSA) is 50.8 Å². The molecule has 0 unspecified atom stereocenters. The number of hydrogen-bond acceptors (Lipinski definition) is 4. The quantitative estimate of drug-likeness (QED) is 0.902. The van der Waals surface area contributed by atoms with Crippen LogP contribution in [0.4, 0.5) is 5.69 Å². The van der Waals surface area contributed by atoms with E-state index >= 15 is 0 Å².